The number of nitrogens with zero attached hydrogens (tertiary/aromatic N) is 4. The zero-order valence-electron chi connectivity index (χ0n) is 20.4. The molecule has 190 valence electrons. The van der Waals surface area contributed by atoms with E-state index in [1.54, 1.807) is 51.9 Å². The maximum Gasteiger partial charge on any atom is 0.318 e. The number of carbonyl (C=O) groups is 2. The predicted molar refractivity (Wildman–Crippen MR) is 141 cm³/mol. The highest BCUT2D eigenvalue weighted by Gasteiger charge is 2.32. The molecule has 1 fully saturated rings. The number of rotatable bonds is 6. The van der Waals surface area contributed by atoms with Crippen LogP contribution in [0.15, 0.2) is 71.7 Å². The number of aromatic amines is 1. The number of halogens is 1. The van der Waals surface area contributed by atoms with Crippen molar-refractivity contribution in [2.75, 3.05) is 20.1 Å². The van der Waals surface area contributed by atoms with Gasteiger partial charge in [0.05, 0.1) is 30.3 Å². The maximum absolute atomic E-state index is 12.9. The highest BCUT2D eigenvalue weighted by atomic mass is 35.5. The van der Waals surface area contributed by atoms with Gasteiger partial charge in [0.15, 0.2) is 0 Å². The summed E-state index contributed by atoms with van der Waals surface area (Å²) in [6.07, 6.45) is 2.38. The number of piperazine rings is 1. The Bertz CT molecular complexity index is 1500. The fraction of sp³-hybridized carbons (Fsp3) is 0.259. The van der Waals surface area contributed by atoms with Crippen molar-refractivity contribution in [1.82, 2.24) is 29.9 Å². The van der Waals surface area contributed by atoms with Gasteiger partial charge in [0.2, 0.25) is 5.91 Å². The molecule has 1 aliphatic rings. The molecule has 3 amide bonds. The van der Waals surface area contributed by atoms with E-state index < -0.39 is 0 Å². The lowest BCUT2D eigenvalue weighted by Gasteiger charge is -2.39. The van der Waals surface area contributed by atoms with Gasteiger partial charge in [-0.2, -0.15) is 5.10 Å². The summed E-state index contributed by atoms with van der Waals surface area (Å²) in [4.78, 5) is 40.9. The third-order valence-corrected chi connectivity index (χ3v) is 6.98. The summed E-state index contributed by atoms with van der Waals surface area (Å²) in [7, 11) is 1.78. The van der Waals surface area contributed by atoms with Crippen LogP contribution in [-0.4, -0.2) is 62.7 Å². The van der Waals surface area contributed by atoms with Crippen LogP contribution < -0.4 is 10.9 Å². The van der Waals surface area contributed by atoms with Crippen molar-refractivity contribution in [2.24, 2.45) is 0 Å². The Morgan fingerprint density at radius 1 is 1.11 bits per heavy atom. The fourth-order valence-corrected chi connectivity index (χ4v) is 4.74. The van der Waals surface area contributed by atoms with Gasteiger partial charge in [0.25, 0.3) is 5.56 Å². The van der Waals surface area contributed by atoms with Crippen molar-refractivity contribution in [3.05, 3.63) is 99.1 Å². The highest BCUT2D eigenvalue weighted by molar-refractivity contribution is 6.31. The number of H-pyrrole nitrogens is 1. The molecule has 0 aliphatic carbocycles. The van der Waals surface area contributed by atoms with Crippen molar-refractivity contribution in [2.45, 2.75) is 25.6 Å². The molecule has 5 rings (SSSR count). The third-order valence-electron chi connectivity index (χ3n) is 6.74. The number of fused-ring (bicyclic) bond motifs is 1. The molecular weight excluding hydrogens is 492 g/mol. The first kappa shape index (κ1) is 24.6. The van der Waals surface area contributed by atoms with Gasteiger partial charge in [-0.3, -0.25) is 14.7 Å². The van der Waals surface area contributed by atoms with Crippen LogP contribution >= 0.6 is 11.6 Å². The number of pyridine rings is 1. The number of urea groups is 1. The standard InChI is InChI=1S/C27H27ClN6O3/c1-32-21(12-18-5-7-19(8-6-18)15-33-11-3-2-4-25(33)35)16-34(17-26(32)36)27(37)29-14-24-22-13-20(28)9-10-23(22)30-31-24/h2-11,13,21H,12,14-17H2,1H3,(H,29,37)(H,30,31). The lowest BCUT2D eigenvalue weighted by Crippen LogP contribution is -2.58. The zero-order valence-corrected chi connectivity index (χ0v) is 21.1. The van der Waals surface area contributed by atoms with E-state index in [0.29, 0.717) is 30.2 Å². The fourth-order valence-electron chi connectivity index (χ4n) is 4.56. The normalized spacial score (nSPS) is 15.8. The van der Waals surface area contributed by atoms with Gasteiger partial charge in [-0.25, -0.2) is 4.79 Å². The van der Waals surface area contributed by atoms with E-state index in [1.165, 1.54) is 0 Å². The van der Waals surface area contributed by atoms with E-state index >= 15 is 0 Å². The summed E-state index contributed by atoms with van der Waals surface area (Å²) in [6.45, 7) is 1.16. The van der Waals surface area contributed by atoms with Gasteiger partial charge in [-0.1, -0.05) is 41.9 Å². The molecule has 10 heteroatoms. The summed E-state index contributed by atoms with van der Waals surface area (Å²) in [5, 5.41) is 11.5. The minimum atomic E-state index is -0.312. The quantitative estimate of drug-likeness (QED) is 0.409. The number of likely N-dealkylation sites (N-methyl/N-ethyl adjacent to an activating group) is 1. The van der Waals surface area contributed by atoms with E-state index in [9.17, 15) is 14.4 Å². The Labute approximate surface area is 218 Å². The first-order chi connectivity index (χ1) is 17.9. The molecule has 1 saturated heterocycles. The smallest absolute Gasteiger partial charge is 0.318 e. The molecule has 0 radical (unpaired) electrons. The molecule has 9 nitrogen and oxygen atoms in total. The Balaban J connectivity index is 1.21. The Morgan fingerprint density at radius 2 is 1.89 bits per heavy atom. The topological polar surface area (TPSA) is 103 Å². The molecule has 0 bridgehead atoms. The maximum atomic E-state index is 12.9. The molecule has 2 aromatic carbocycles. The molecule has 2 N–H and O–H groups in total. The van der Waals surface area contributed by atoms with E-state index in [1.807, 2.05) is 36.4 Å². The molecule has 3 heterocycles. The van der Waals surface area contributed by atoms with Crippen LogP contribution in [0.25, 0.3) is 10.9 Å². The Kier molecular flexibility index (Phi) is 6.96. The number of benzene rings is 2. The first-order valence-electron chi connectivity index (χ1n) is 12.0. The predicted octanol–water partition coefficient (Wildman–Crippen LogP) is 3.02. The number of nitrogens with one attached hydrogen (secondary N) is 2. The minimum Gasteiger partial charge on any atom is -0.339 e. The number of amides is 3. The minimum absolute atomic E-state index is 0.0245. The Morgan fingerprint density at radius 3 is 2.68 bits per heavy atom. The van der Waals surface area contributed by atoms with E-state index in [-0.39, 0.29) is 36.6 Å². The van der Waals surface area contributed by atoms with Crippen LogP contribution in [0.1, 0.15) is 16.8 Å². The first-order valence-corrected chi connectivity index (χ1v) is 12.4. The summed E-state index contributed by atoms with van der Waals surface area (Å²) < 4.78 is 1.65. The molecule has 1 unspecified atom stereocenters. The second-order valence-electron chi connectivity index (χ2n) is 9.25. The third kappa shape index (κ3) is 5.51. The van der Waals surface area contributed by atoms with Crippen LogP contribution in [0.3, 0.4) is 0 Å². The van der Waals surface area contributed by atoms with Gasteiger partial charge < -0.3 is 19.7 Å². The van der Waals surface area contributed by atoms with Crippen molar-refractivity contribution in [3.63, 3.8) is 0 Å². The molecule has 2 aromatic heterocycles. The lowest BCUT2D eigenvalue weighted by molar-refractivity contribution is -0.136. The molecule has 1 atom stereocenters. The molecule has 37 heavy (non-hydrogen) atoms. The number of hydrogen-bond acceptors (Lipinski definition) is 4. The number of aromatic nitrogens is 3. The van der Waals surface area contributed by atoms with Gasteiger partial charge >= 0.3 is 6.03 Å². The van der Waals surface area contributed by atoms with Gasteiger partial charge in [-0.05, 0) is 41.8 Å². The van der Waals surface area contributed by atoms with E-state index in [2.05, 4.69) is 15.5 Å². The van der Waals surface area contributed by atoms with Crippen molar-refractivity contribution in [1.29, 1.82) is 0 Å². The zero-order chi connectivity index (χ0) is 25.9. The average molecular weight is 519 g/mol. The molecule has 4 aromatic rings. The van der Waals surface area contributed by atoms with E-state index in [0.717, 1.165) is 22.0 Å². The second kappa shape index (κ2) is 10.5. The summed E-state index contributed by atoms with van der Waals surface area (Å²) >= 11 is 6.10. The van der Waals surface area contributed by atoms with Gasteiger partial charge in [-0.15, -0.1) is 0 Å². The van der Waals surface area contributed by atoms with Gasteiger partial charge in [0, 0.05) is 36.3 Å². The monoisotopic (exact) mass is 518 g/mol. The molecular formula is C27H27ClN6O3. The van der Waals surface area contributed by atoms with Crippen LogP contribution in [-0.2, 0) is 24.3 Å². The average Bonchev–Trinajstić information content (AvgIpc) is 3.29. The van der Waals surface area contributed by atoms with Gasteiger partial charge in [0.1, 0.15) is 6.54 Å². The van der Waals surface area contributed by atoms with Crippen molar-refractivity contribution in [3.8, 4) is 0 Å². The largest absolute Gasteiger partial charge is 0.339 e. The molecule has 0 spiro atoms. The lowest BCUT2D eigenvalue weighted by atomic mass is 10.0. The second-order valence-corrected chi connectivity index (χ2v) is 9.68. The van der Waals surface area contributed by atoms with E-state index in [4.69, 9.17) is 11.6 Å². The molecule has 1 aliphatic heterocycles. The Hall–Kier alpha value is -4.11. The number of hydrogen-bond donors (Lipinski definition) is 2. The van der Waals surface area contributed by atoms with Crippen LogP contribution in [0.5, 0.6) is 0 Å². The van der Waals surface area contributed by atoms with Crippen LogP contribution in [0.2, 0.25) is 5.02 Å². The summed E-state index contributed by atoms with van der Waals surface area (Å²) in [6, 6.07) is 18.1. The van der Waals surface area contributed by atoms with Crippen LogP contribution in [0.4, 0.5) is 4.79 Å². The van der Waals surface area contributed by atoms with Crippen molar-refractivity contribution < 1.29 is 9.59 Å². The van der Waals surface area contributed by atoms with Crippen LogP contribution in [0, 0.1) is 0 Å². The highest BCUT2D eigenvalue weighted by Crippen LogP contribution is 2.21. The van der Waals surface area contributed by atoms with Crippen molar-refractivity contribution >= 4 is 34.4 Å². The summed E-state index contributed by atoms with van der Waals surface area (Å²) in [5.74, 6) is -0.108. The molecule has 0 saturated carbocycles. The number of carbonyl (C=O) groups excluding carboxylic acids is 2. The SMILES string of the molecule is CN1C(=O)CN(C(=O)NCc2n[nH]c3ccc(Cl)cc23)CC1Cc1ccc(Cn2ccccc2=O)cc1. The summed E-state index contributed by atoms with van der Waals surface area (Å²) in [5.41, 5.74) is 3.54.